The summed E-state index contributed by atoms with van der Waals surface area (Å²) in [6.45, 7) is 4.25. The van der Waals surface area contributed by atoms with E-state index in [1.54, 1.807) is 0 Å². The molecule has 2 aromatic rings. The molecule has 0 aliphatic rings. The molecule has 0 saturated heterocycles. The lowest BCUT2D eigenvalue weighted by Crippen LogP contribution is -2.07. The largest absolute Gasteiger partial charge is 0.207 e. The normalized spacial score (nSPS) is 12.4. The second-order valence-corrected chi connectivity index (χ2v) is 5.29. The third-order valence-electron chi connectivity index (χ3n) is 3.62. The van der Waals surface area contributed by atoms with Crippen LogP contribution in [0.2, 0.25) is 0 Å². The Morgan fingerprint density at radius 1 is 1.00 bits per heavy atom. The van der Waals surface area contributed by atoms with E-state index in [4.69, 9.17) is 11.6 Å². The van der Waals surface area contributed by atoms with Crippen LogP contribution in [0.3, 0.4) is 0 Å². The van der Waals surface area contributed by atoms with Crippen LogP contribution < -0.4 is 0 Å². The predicted molar refractivity (Wildman–Crippen MR) is 79.5 cm³/mol. The highest BCUT2D eigenvalue weighted by atomic mass is 35.5. The molecule has 0 amide bonds. The van der Waals surface area contributed by atoms with Gasteiger partial charge in [0.15, 0.2) is 0 Å². The highest BCUT2D eigenvalue weighted by Gasteiger charge is 2.14. The molecular formula is C17H18ClF. The molecule has 19 heavy (non-hydrogen) atoms. The van der Waals surface area contributed by atoms with Crippen LogP contribution in [-0.2, 0) is 6.42 Å². The van der Waals surface area contributed by atoms with E-state index >= 15 is 0 Å². The van der Waals surface area contributed by atoms with E-state index in [0.29, 0.717) is 5.88 Å². The third kappa shape index (κ3) is 3.36. The second-order valence-electron chi connectivity index (χ2n) is 4.98. The van der Waals surface area contributed by atoms with E-state index < -0.39 is 0 Å². The molecule has 1 unspecified atom stereocenters. The van der Waals surface area contributed by atoms with E-state index in [0.717, 1.165) is 12.0 Å². The zero-order valence-corrected chi connectivity index (χ0v) is 12.0. The van der Waals surface area contributed by atoms with Gasteiger partial charge in [-0.15, -0.1) is 11.6 Å². The van der Waals surface area contributed by atoms with E-state index in [-0.39, 0.29) is 11.7 Å². The molecule has 0 saturated carbocycles. The molecule has 0 aliphatic carbocycles. The Kier molecular flexibility index (Phi) is 4.60. The average molecular weight is 277 g/mol. The van der Waals surface area contributed by atoms with E-state index in [1.165, 1.54) is 28.8 Å². The monoisotopic (exact) mass is 276 g/mol. The molecule has 100 valence electrons. The van der Waals surface area contributed by atoms with Gasteiger partial charge in [0.1, 0.15) is 5.82 Å². The number of hydrogen-bond acceptors (Lipinski definition) is 0. The van der Waals surface area contributed by atoms with Crippen molar-refractivity contribution in [2.45, 2.75) is 26.2 Å². The van der Waals surface area contributed by atoms with Crippen molar-refractivity contribution in [3.05, 3.63) is 70.5 Å². The third-order valence-corrected chi connectivity index (χ3v) is 4.00. The van der Waals surface area contributed by atoms with Crippen LogP contribution >= 0.6 is 11.6 Å². The fourth-order valence-corrected chi connectivity index (χ4v) is 2.70. The zero-order chi connectivity index (χ0) is 13.8. The van der Waals surface area contributed by atoms with Crippen LogP contribution in [0.25, 0.3) is 0 Å². The topological polar surface area (TPSA) is 0 Å². The first-order chi connectivity index (χ1) is 9.11. The first-order valence-electron chi connectivity index (χ1n) is 6.48. The number of benzene rings is 2. The van der Waals surface area contributed by atoms with Gasteiger partial charge in [0.25, 0.3) is 0 Å². The van der Waals surface area contributed by atoms with E-state index in [1.807, 2.05) is 12.1 Å². The fraction of sp³-hybridized carbons (Fsp3) is 0.294. The van der Waals surface area contributed by atoms with Gasteiger partial charge in [-0.1, -0.05) is 30.3 Å². The molecule has 0 aromatic heterocycles. The van der Waals surface area contributed by atoms with Crippen molar-refractivity contribution >= 4 is 11.6 Å². The van der Waals surface area contributed by atoms with Gasteiger partial charge >= 0.3 is 0 Å². The minimum atomic E-state index is -0.204. The predicted octanol–water partition coefficient (Wildman–Crippen LogP) is 5.01. The van der Waals surface area contributed by atoms with Crippen LogP contribution in [0, 0.1) is 19.7 Å². The summed E-state index contributed by atoms with van der Waals surface area (Å²) in [6, 6.07) is 13.0. The number of hydrogen-bond donors (Lipinski definition) is 0. The molecule has 0 N–H and O–H groups in total. The molecule has 2 aromatic carbocycles. The van der Waals surface area contributed by atoms with E-state index in [9.17, 15) is 4.39 Å². The molecule has 0 aliphatic heterocycles. The number of aryl methyl sites for hydroxylation is 2. The van der Waals surface area contributed by atoms with Crippen molar-refractivity contribution in [3.8, 4) is 0 Å². The summed E-state index contributed by atoms with van der Waals surface area (Å²) in [7, 11) is 0. The van der Waals surface area contributed by atoms with Crippen molar-refractivity contribution in [2.75, 3.05) is 5.88 Å². The van der Waals surface area contributed by atoms with Gasteiger partial charge in [-0.05, 0) is 54.7 Å². The fourth-order valence-electron chi connectivity index (χ4n) is 2.41. The number of alkyl halides is 1. The molecule has 0 nitrogen and oxygen atoms in total. The van der Waals surface area contributed by atoms with Crippen LogP contribution in [-0.4, -0.2) is 5.88 Å². The van der Waals surface area contributed by atoms with Crippen molar-refractivity contribution in [1.82, 2.24) is 0 Å². The van der Waals surface area contributed by atoms with Crippen molar-refractivity contribution in [3.63, 3.8) is 0 Å². The summed E-state index contributed by atoms with van der Waals surface area (Å²) in [6.07, 6.45) is 0.896. The van der Waals surface area contributed by atoms with Crippen molar-refractivity contribution in [1.29, 1.82) is 0 Å². The summed E-state index contributed by atoms with van der Waals surface area (Å²) >= 11 is 6.10. The Hall–Kier alpha value is -1.34. The van der Waals surface area contributed by atoms with Gasteiger partial charge in [0.05, 0.1) is 0 Å². The number of rotatable bonds is 4. The first-order valence-corrected chi connectivity index (χ1v) is 7.01. The van der Waals surface area contributed by atoms with Crippen LogP contribution in [0.15, 0.2) is 42.5 Å². The Morgan fingerprint density at radius 3 is 2.11 bits per heavy atom. The molecule has 0 heterocycles. The van der Waals surface area contributed by atoms with Gasteiger partial charge in [-0.3, -0.25) is 0 Å². The summed E-state index contributed by atoms with van der Waals surface area (Å²) in [5, 5.41) is 0. The maximum absolute atomic E-state index is 13.0. The summed E-state index contributed by atoms with van der Waals surface area (Å²) in [5.74, 6) is 0.561. The van der Waals surface area contributed by atoms with Crippen molar-refractivity contribution < 1.29 is 4.39 Å². The quantitative estimate of drug-likeness (QED) is 0.689. The average Bonchev–Trinajstić information content (AvgIpc) is 2.40. The molecule has 2 heteroatoms. The minimum Gasteiger partial charge on any atom is -0.207 e. The minimum absolute atomic E-state index is 0.204. The highest BCUT2D eigenvalue weighted by Crippen LogP contribution is 2.26. The molecule has 0 spiro atoms. The standard InChI is InChI=1S/C17H18ClF/c1-12-4-3-5-13(2)17(12)10-15(11-18)14-6-8-16(19)9-7-14/h3-9,15H,10-11H2,1-2H3. The van der Waals surface area contributed by atoms with E-state index in [2.05, 4.69) is 32.0 Å². The first kappa shape index (κ1) is 14.1. The number of halogens is 2. The molecule has 1 atom stereocenters. The highest BCUT2D eigenvalue weighted by molar-refractivity contribution is 6.18. The maximum atomic E-state index is 13.0. The lowest BCUT2D eigenvalue weighted by atomic mass is 9.89. The molecule has 0 bridgehead atoms. The van der Waals surface area contributed by atoms with Gasteiger partial charge in [0, 0.05) is 11.8 Å². The molecular weight excluding hydrogens is 259 g/mol. The van der Waals surface area contributed by atoms with Crippen molar-refractivity contribution in [2.24, 2.45) is 0 Å². The summed E-state index contributed by atoms with van der Waals surface area (Å²) in [4.78, 5) is 0. The Labute approximate surface area is 119 Å². The van der Waals surface area contributed by atoms with Gasteiger partial charge in [-0.25, -0.2) is 4.39 Å². The smallest absolute Gasteiger partial charge is 0.123 e. The SMILES string of the molecule is Cc1cccc(C)c1CC(CCl)c1ccc(F)cc1. The van der Waals surface area contributed by atoms with Gasteiger partial charge in [0.2, 0.25) is 0 Å². The van der Waals surface area contributed by atoms with Crippen LogP contribution in [0.5, 0.6) is 0 Å². The van der Waals surface area contributed by atoms with Gasteiger partial charge < -0.3 is 0 Å². The second kappa shape index (κ2) is 6.21. The summed E-state index contributed by atoms with van der Waals surface area (Å²) < 4.78 is 13.0. The zero-order valence-electron chi connectivity index (χ0n) is 11.3. The van der Waals surface area contributed by atoms with Gasteiger partial charge in [-0.2, -0.15) is 0 Å². The van der Waals surface area contributed by atoms with Crippen LogP contribution in [0.4, 0.5) is 4.39 Å². The Balaban J connectivity index is 2.26. The molecule has 0 fully saturated rings. The Morgan fingerprint density at radius 2 is 1.58 bits per heavy atom. The van der Waals surface area contributed by atoms with Crippen LogP contribution in [0.1, 0.15) is 28.2 Å². The maximum Gasteiger partial charge on any atom is 0.123 e. The lowest BCUT2D eigenvalue weighted by Gasteiger charge is -2.17. The molecule has 0 radical (unpaired) electrons. The lowest BCUT2D eigenvalue weighted by molar-refractivity contribution is 0.625. The molecule has 2 rings (SSSR count). The summed E-state index contributed by atoms with van der Waals surface area (Å²) in [5.41, 5.74) is 5.02. The Bertz CT molecular complexity index is 525.